The Morgan fingerprint density at radius 3 is 3.04 bits per heavy atom. The van der Waals surface area contributed by atoms with E-state index in [9.17, 15) is 9.59 Å². The first-order valence-electron chi connectivity index (χ1n) is 7.19. The molecule has 0 radical (unpaired) electrons. The van der Waals surface area contributed by atoms with Gasteiger partial charge in [0.05, 0.1) is 18.4 Å². The molecule has 0 aliphatic heterocycles. The van der Waals surface area contributed by atoms with Crippen molar-refractivity contribution in [3.8, 4) is 0 Å². The van der Waals surface area contributed by atoms with Crippen molar-refractivity contribution in [1.82, 2.24) is 20.0 Å². The van der Waals surface area contributed by atoms with Gasteiger partial charge in [-0.25, -0.2) is 4.98 Å². The minimum absolute atomic E-state index is 0.0748. The van der Waals surface area contributed by atoms with Crippen molar-refractivity contribution in [3.63, 3.8) is 0 Å². The second kappa shape index (κ2) is 6.33. The van der Waals surface area contributed by atoms with E-state index in [1.165, 1.54) is 22.2 Å². The number of carbonyl (C=O) groups excluding carboxylic acids is 1. The zero-order valence-electron chi connectivity index (χ0n) is 12.8. The lowest BCUT2D eigenvalue weighted by atomic mass is 10.1. The van der Waals surface area contributed by atoms with Gasteiger partial charge in [0.15, 0.2) is 0 Å². The van der Waals surface area contributed by atoms with E-state index in [1.54, 1.807) is 11.4 Å². The summed E-state index contributed by atoms with van der Waals surface area (Å²) in [5, 5.41) is 8.43. The van der Waals surface area contributed by atoms with Crippen LogP contribution >= 0.6 is 11.3 Å². The minimum Gasteiger partial charge on any atom is -0.361 e. The molecule has 1 amide bonds. The number of nitrogens with one attached hydrogen (secondary N) is 1. The normalized spacial score (nSPS) is 11.3. The third-order valence-electron chi connectivity index (χ3n) is 3.36. The molecule has 0 saturated heterocycles. The maximum Gasteiger partial charge on any atom is 0.271 e. The highest BCUT2D eigenvalue weighted by Crippen LogP contribution is 2.15. The van der Waals surface area contributed by atoms with E-state index in [-0.39, 0.29) is 30.5 Å². The molecular formula is C15H16N4O3S. The van der Waals surface area contributed by atoms with Crippen LogP contribution in [0.15, 0.2) is 33.2 Å². The van der Waals surface area contributed by atoms with Gasteiger partial charge >= 0.3 is 0 Å². The topological polar surface area (TPSA) is 90.0 Å². The lowest BCUT2D eigenvalue weighted by molar-refractivity contribution is -0.121. The molecule has 3 aromatic heterocycles. The van der Waals surface area contributed by atoms with Crippen LogP contribution in [-0.2, 0) is 17.9 Å². The minimum atomic E-state index is -0.279. The molecule has 8 heteroatoms. The van der Waals surface area contributed by atoms with Crippen LogP contribution in [0.3, 0.4) is 0 Å². The van der Waals surface area contributed by atoms with Crippen molar-refractivity contribution < 1.29 is 9.32 Å². The van der Waals surface area contributed by atoms with Crippen molar-refractivity contribution >= 4 is 27.5 Å². The zero-order chi connectivity index (χ0) is 16.4. The van der Waals surface area contributed by atoms with E-state index in [4.69, 9.17) is 4.52 Å². The zero-order valence-corrected chi connectivity index (χ0v) is 13.6. The average molecular weight is 332 g/mol. The smallest absolute Gasteiger partial charge is 0.271 e. The second-order valence-electron chi connectivity index (χ2n) is 5.46. The Morgan fingerprint density at radius 1 is 1.48 bits per heavy atom. The number of carbonyl (C=O) groups is 1. The van der Waals surface area contributed by atoms with Crippen LogP contribution in [-0.4, -0.2) is 20.6 Å². The van der Waals surface area contributed by atoms with Crippen molar-refractivity contribution in [2.75, 3.05) is 0 Å². The third kappa shape index (κ3) is 3.31. The molecule has 3 aromatic rings. The summed E-state index contributed by atoms with van der Waals surface area (Å²) in [6, 6.07) is 3.60. The lowest BCUT2D eigenvalue weighted by Crippen LogP contribution is -2.32. The molecule has 0 aromatic carbocycles. The largest absolute Gasteiger partial charge is 0.361 e. The van der Waals surface area contributed by atoms with E-state index < -0.39 is 0 Å². The lowest BCUT2D eigenvalue weighted by Gasteiger charge is -2.05. The first-order valence-corrected chi connectivity index (χ1v) is 8.07. The van der Waals surface area contributed by atoms with Gasteiger partial charge in [-0.05, 0) is 11.4 Å². The standard InChI is InChI=1S/C15H16N4O3S/c1-9(2)12-5-10(18-22-12)6-16-13(20)7-19-8-17-11-3-4-23-14(11)15(19)21/h3-5,8-9H,6-7H2,1-2H3,(H,16,20). The molecule has 0 unspecified atom stereocenters. The maximum atomic E-state index is 12.2. The van der Waals surface area contributed by atoms with Gasteiger partial charge in [-0.15, -0.1) is 11.3 Å². The quantitative estimate of drug-likeness (QED) is 0.770. The summed E-state index contributed by atoms with van der Waals surface area (Å²) in [5.74, 6) is 0.742. The number of fused-ring (bicyclic) bond motifs is 1. The summed E-state index contributed by atoms with van der Waals surface area (Å²) in [7, 11) is 0. The molecule has 0 fully saturated rings. The summed E-state index contributed by atoms with van der Waals surface area (Å²) in [4.78, 5) is 28.4. The predicted molar refractivity (Wildman–Crippen MR) is 86.3 cm³/mol. The summed E-state index contributed by atoms with van der Waals surface area (Å²) in [6.45, 7) is 4.19. The molecule has 0 atom stereocenters. The fourth-order valence-electron chi connectivity index (χ4n) is 2.07. The van der Waals surface area contributed by atoms with Crippen molar-refractivity contribution in [1.29, 1.82) is 0 Å². The Bertz CT molecular complexity index is 893. The van der Waals surface area contributed by atoms with Crippen LogP contribution < -0.4 is 10.9 Å². The Labute approximate surface area is 135 Å². The molecule has 3 rings (SSSR count). The number of aromatic nitrogens is 3. The molecule has 3 heterocycles. The van der Waals surface area contributed by atoms with Crippen LogP contribution in [0.4, 0.5) is 0 Å². The average Bonchev–Trinajstić information content (AvgIpc) is 3.17. The molecule has 0 saturated carbocycles. The second-order valence-corrected chi connectivity index (χ2v) is 6.38. The highest BCUT2D eigenvalue weighted by molar-refractivity contribution is 7.17. The number of thiophene rings is 1. The highest BCUT2D eigenvalue weighted by atomic mass is 32.1. The van der Waals surface area contributed by atoms with Gasteiger partial charge in [0.2, 0.25) is 5.91 Å². The van der Waals surface area contributed by atoms with E-state index in [0.29, 0.717) is 15.9 Å². The van der Waals surface area contributed by atoms with E-state index in [1.807, 2.05) is 19.9 Å². The number of amides is 1. The van der Waals surface area contributed by atoms with Crippen molar-refractivity contribution in [2.45, 2.75) is 32.9 Å². The predicted octanol–water partition coefficient (Wildman–Crippen LogP) is 1.89. The van der Waals surface area contributed by atoms with Crippen LogP contribution in [0.25, 0.3) is 10.2 Å². The van der Waals surface area contributed by atoms with Crippen LogP contribution in [0, 0.1) is 0 Å². The first-order chi connectivity index (χ1) is 11.0. The molecule has 23 heavy (non-hydrogen) atoms. The van der Waals surface area contributed by atoms with Crippen molar-refractivity contribution in [2.24, 2.45) is 0 Å². The molecule has 0 bridgehead atoms. The van der Waals surface area contributed by atoms with Gasteiger partial charge in [-0.2, -0.15) is 0 Å². The van der Waals surface area contributed by atoms with E-state index in [0.717, 1.165) is 5.76 Å². The fourth-order valence-corrected chi connectivity index (χ4v) is 2.87. The Kier molecular flexibility index (Phi) is 4.24. The molecule has 7 nitrogen and oxygen atoms in total. The Morgan fingerprint density at radius 2 is 2.30 bits per heavy atom. The molecule has 120 valence electrons. The molecule has 1 N–H and O–H groups in total. The molecular weight excluding hydrogens is 316 g/mol. The van der Waals surface area contributed by atoms with Gasteiger partial charge in [0, 0.05) is 12.0 Å². The number of nitrogens with zero attached hydrogens (tertiary/aromatic N) is 3. The summed E-state index contributed by atoms with van der Waals surface area (Å²) in [6.07, 6.45) is 1.39. The number of hydrogen-bond acceptors (Lipinski definition) is 6. The van der Waals surface area contributed by atoms with Gasteiger partial charge in [-0.3, -0.25) is 14.2 Å². The number of hydrogen-bond donors (Lipinski definition) is 1. The third-order valence-corrected chi connectivity index (χ3v) is 4.25. The van der Waals surface area contributed by atoms with Gasteiger partial charge in [-0.1, -0.05) is 19.0 Å². The van der Waals surface area contributed by atoms with E-state index in [2.05, 4.69) is 15.5 Å². The van der Waals surface area contributed by atoms with E-state index >= 15 is 0 Å². The summed E-state index contributed by atoms with van der Waals surface area (Å²) >= 11 is 1.32. The fraction of sp³-hybridized carbons (Fsp3) is 0.333. The first kappa shape index (κ1) is 15.4. The monoisotopic (exact) mass is 332 g/mol. The van der Waals surface area contributed by atoms with Crippen LogP contribution in [0.1, 0.15) is 31.2 Å². The van der Waals surface area contributed by atoms with Crippen LogP contribution in [0.2, 0.25) is 0 Å². The van der Waals surface area contributed by atoms with Crippen LogP contribution in [0.5, 0.6) is 0 Å². The molecule has 0 aliphatic rings. The SMILES string of the molecule is CC(C)c1cc(CNC(=O)Cn2cnc3ccsc3c2=O)no1. The maximum absolute atomic E-state index is 12.2. The summed E-state index contributed by atoms with van der Waals surface area (Å²) in [5.41, 5.74) is 1.10. The van der Waals surface area contributed by atoms with Gasteiger partial charge < -0.3 is 9.84 Å². The van der Waals surface area contributed by atoms with Crippen molar-refractivity contribution in [3.05, 3.63) is 45.6 Å². The van der Waals surface area contributed by atoms with Gasteiger partial charge in [0.1, 0.15) is 22.7 Å². The highest BCUT2D eigenvalue weighted by Gasteiger charge is 2.11. The Balaban J connectivity index is 1.64. The summed E-state index contributed by atoms with van der Waals surface area (Å²) < 4.78 is 7.03. The number of rotatable bonds is 5. The molecule has 0 spiro atoms. The molecule has 0 aliphatic carbocycles. The van der Waals surface area contributed by atoms with Gasteiger partial charge in [0.25, 0.3) is 5.56 Å². The Hall–Kier alpha value is -2.48.